The first kappa shape index (κ1) is 36.5. The monoisotopic (exact) mass is 544 g/mol. The normalized spacial score (nSPS) is 17.4. The van der Waals surface area contributed by atoms with Crippen molar-refractivity contribution in [2.24, 2.45) is 0 Å². The average Bonchev–Trinajstić information content (AvgIpc) is 2.41. The first-order chi connectivity index (χ1) is 12.0. The van der Waals surface area contributed by atoms with E-state index in [9.17, 15) is 89.0 Å². The van der Waals surface area contributed by atoms with Gasteiger partial charge in [0.25, 0.3) is 5.41 Å². The van der Waals surface area contributed by atoms with Crippen molar-refractivity contribution >= 4 is 7.60 Å². The number of rotatable bonds is 6. The van der Waals surface area contributed by atoms with Gasteiger partial charge in [-0.15, -0.1) is 0 Å². The van der Waals surface area contributed by atoms with Crippen LogP contribution >= 0.6 is 7.60 Å². The molecule has 0 aromatic heterocycles. The molecule has 1 atom stereocenters. The Morgan fingerprint density at radius 2 is 0.645 bits per heavy atom. The minimum absolute atomic E-state index is 0. The number of hydrogen-bond acceptors (Lipinski definition) is 3. The van der Waals surface area contributed by atoms with Gasteiger partial charge >= 0.3 is 101 Å². The van der Waals surface area contributed by atoms with Crippen LogP contribution in [0.25, 0.3) is 0 Å². The van der Waals surface area contributed by atoms with Crippen molar-refractivity contribution in [2.75, 3.05) is 0 Å². The largest absolute Gasteiger partial charge is 1.00 e. The van der Waals surface area contributed by atoms with Gasteiger partial charge in [0.05, 0.1) is 0 Å². The number of alkyl halides is 17. The fourth-order valence-corrected chi connectivity index (χ4v) is 2.28. The van der Waals surface area contributed by atoms with Crippen LogP contribution in [0.1, 0.15) is 0 Å². The summed E-state index contributed by atoms with van der Waals surface area (Å²) in [6.07, 6.45) is -16.0. The van der Waals surface area contributed by atoms with E-state index in [0.717, 1.165) is 0 Å². The van der Waals surface area contributed by atoms with E-state index >= 15 is 0 Å². The summed E-state index contributed by atoms with van der Waals surface area (Å²) in [5, 5.41) is -8.34. The Labute approximate surface area is 202 Å². The van der Waals surface area contributed by atoms with Crippen molar-refractivity contribution in [3.8, 4) is 0 Å². The van der Waals surface area contributed by atoms with Crippen LogP contribution < -0.4 is 68.9 Å². The van der Waals surface area contributed by atoms with Crippen molar-refractivity contribution in [2.45, 2.75) is 47.4 Å². The molecule has 0 spiro atoms. The van der Waals surface area contributed by atoms with E-state index < -0.39 is 55.0 Å². The molecule has 0 heterocycles. The minimum Gasteiger partial charge on any atom is -0.808 e. The van der Waals surface area contributed by atoms with Gasteiger partial charge in [0.15, 0.2) is 0 Å². The summed E-state index contributed by atoms with van der Waals surface area (Å²) in [4.78, 5) is 20.3. The molecule has 0 bridgehead atoms. The summed E-state index contributed by atoms with van der Waals surface area (Å²) in [5.74, 6) is -43.8. The van der Waals surface area contributed by atoms with Crippen LogP contribution in [0.15, 0.2) is 0 Å². The zero-order valence-corrected chi connectivity index (χ0v) is 19.0. The van der Waals surface area contributed by atoms with Gasteiger partial charge in [0.1, 0.15) is 0 Å². The molecular weight excluding hydrogens is 544 g/mol. The van der Waals surface area contributed by atoms with Gasteiger partial charge in [0, 0.05) is 0 Å². The van der Waals surface area contributed by atoms with Crippen molar-refractivity contribution in [3.05, 3.63) is 0 Å². The molecular formula is C8F17Na2O3P. The van der Waals surface area contributed by atoms with E-state index in [1.807, 2.05) is 0 Å². The third kappa shape index (κ3) is 4.88. The van der Waals surface area contributed by atoms with E-state index in [1.54, 1.807) is 0 Å². The van der Waals surface area contributed by atoms with Crippen LogP contribution in [0.4, 0.5) is 74.6 Å². The predicted octanol–water partition coefficient (Wildman–Crippen LogP) is -2.13. The molecule has 0 N–H and O–H groups in total. The Kier molecular flexibility index (Phi) is 10.8. The van der Waals surface area contributed by atoms with Crippen molar-refractivity contribution in [1.29, 1.82) is 0 Å². The van der Waals surface area contributed by atoms with Crippen LogP contribution in [0.3, 0.4) is 0 Å². The molecule has 0 aromatic rings. The molecule has 0 saturated carbocycles. The molecule has 0 aliphatic heterocycles. The summed E-state index contributed by atoms with van der Waals surface area (Å²) in [6, 6.07) is 0. The van der Waals surface area contributed by atoms with Crippen LogP contribution in [-0.4, -0.2) is 47.4 Å². The SMILES string of the molecule is O=P([O-])([O-])C(F)(C(F)(F)F)C(F)(F)C(F)(F)C(F)(F)C(F)(F)C(F)(F)C(F)(F)F.[Na+].[Na+]. The molecule has 0 amide bonds. The summed E-state index contributed by atoms with van der Waals surface area (Å²) in [5.41, 5.74) is 0. The zero-order chi connectivity index (χ0) is 24.5. The van der Waals surface area contributed by atoms with Crippen molar-refractivity contribution < 1.29 is 148 Å². The van der Waals surface area contributed by atoms with Gasteiger partial charge in [-0.1, -0.05) is 0 Å². The molecule has 1 unspecified atom stereocenters. The van der Waals surface area contributed by atoms with Crippen LogP contribution in [0.5, 0.6) is 0 Å². The first-order valence-corrected chi connectivity index (χ1v) is 7.28. The van der Waals surface area contributed by atoms with E-state index in [1.165, 1.54) is 0 Å². The van der Waals surface area contributed by atoms with Gasteiger partial charge in [0.2, 0.25) is 0 Å². The Morgan fingerprint density at radius 1 is 0.419 bits per heavy atom. The second-order valence-electron chi connectivity index (χ2n) is 4.99. The predicted molar refractivity (Wildman–Crippen MR) is 48.3 cm³/mol. The molecule has 0 fully saturated rings. The van der Waals surface area contributed by atoms with Gasteiger partial charge in [-0.25, -0.2) is 4.39 Å². The van der Waals surface area contributed by atoms with Crippen molar-refractivity contribution in [1.82, 2.24) is 0 Å². The molecule has 3 nitrogen and oxygen atoms in total. The maximum atomic E-state index is 13.3. The molecule has 0 saturated heterocycles. The Balaban J connectivity index is -0.00000392. The maximum absolute atomic E-state index is 13.3. The second kappa shape index (κ2) is 9.20. The van der Waals surface area contributed by atoms with Gasteiger partial charge in [-0.2, -0.15) is 70.2 Å². The minimum atomic E-state index is -8.97. The first-order valence-electron chi connectivity index (χ1n) is 5.73. The third-order valence-electron chi connectivity index (χ3n) is 3.10. The molecule has 0 radical (unpaired) electrons. The molecule has 31 heavy (non-hydrogen) atoms. The smallest absolute Gasteiger partial charge is 0.808 e. The van der Waals surface area contributed by atoms with Crippen LogP contribution in [0, 0.1) is 0 Å². The van der Waals surface area contributed by atoms with E-state index in [4.69, 9.17) is 0 Å². The van der Waals surface area contributed by atoms with Crippen molar-refractivity contribution in [3.63, 3.8) is 0 Å². The topological polar surface area (TPSA) is 63.2 Å². The Hall–Kier alpha value is 0.960. The van der Waals surface area contributed by atoms with Crippen LogP contribution in [-0.2, 0) is 4.57 Å². The fourth-order valence-electron chi connectivity index (χ4n) is 1.48. The maximum Gasteiger partial charge on any atom is 1.00 e. The van der Waals surface area contributed by atoms with Gasteiger partial charge < -0.3 is 14.4 Å². The van der Waals surface area contributed by atoms with Crippen LogP contribution in [0.2, 0.25) is 0 Å². The number of hydrogen-bond donors (Lipinski definition) is 0. The summed E-state index contributed by atoms with van der Waals surface area (Å²) < 4.78 is 225. The third-order valence-corrected chi connectivity index (χ3v) is 4.39. The van der Waals surface area contributed by atoms with Gasteiger partial charge in [-0.05, 0) is 7.60 Å². The average molecular weight is 544 g/mol. The van der Waals surface area contributed by atoms with E-state index in [-0.39, 0.29) is 59.1 Å². The fraction of sp³-hybridized carbons (Fsp3) is 1.00. The molecule has 176 valence electrons. The summed E-state index contributed by atoms with van der Waals surface area (Å²) in [6.45, 7) is 0. The number of halogens is 17. The second-order valence-corrected chi connectivity index (χ2v) is 6.60. The van der Waals surface area contributed by atoms with Gasteiger partial charge in [-0.3, -0.25) is 0 Å². The zero-order valence-electron chi connectivity index (χ0n) is 14.1. The molecule has 23 heteroatoms. The summed E-state index contributed by atoms with van der Waals surface area (Å²) in [7, 11) is -8.93. The van der Waals surface area contributed by atoms with E-state index in [2.05, 4.69) is 0 Å². The molecule has 0 aliphatic rings. The Bertz CT molecular complexity index is 682. The standard InChI is InChI=1S/C8H2F17O3P.2Na/c9-1(10,3(13,14)5(17,18)7(20,21)22)2(11,12)4(15,16)6(19,8(23,24)25)29(26,27)28;;/h(H2,26,27,28);;/q;2*+1/p-2. The van der Waals surface area contributed by atoms with E-state index in [0.29, 0.717) is 0 Å². The molecule has 0 rings (SSSR count). The molecule has 0 aliphatic carbocycles. The Morgan fingerprint density at radius 3 is 0.839 bits per heavy atom. The summed E-state index contributed by atoms with van der Waals surface area (Å²) >= 11 is 0. The quantitative estimate of drug-likeness (QED) is 0.219. The molecule has 0 aromatic carbocycles.